The Balaban J connectivity index is 2.45. The van der Waals surface area contributed by atoms with Gasteiger partial charge in [-0.25, -0.2) is 13.2 Å². The molecule has 0 spiro atoms. The van der Waals surface area contributed by atoms with E-state index in [1.54, 1.807) is 12.1 Å². The first kappa shape index (κ1) is 16.8. The van der Waals surface area contributed by atoms with Gasteiger partial charge in [-0.1, -0.05) is 17.7 Å². The number of benzene rings is 2. The molecule has 0 saturated heterocycles. The van der Waals surface area contributed by atoms with Crippen LogP contribution < -0.4 is 9.04 Å². The van der Waals surface area contributed by atoms with Crippen molar-refractivity contribution < 1.29 is 23.1 Å². The molecular weight excluding hydrogens is 318 g/mol. The fourth-order valence-corrected chi connectivity index (χ4v) is 3.25. The van der Waals surface area contributed by atoms with Gasteiger partial charge in [0.05, 0.1) is 17.7 Å². The predicted molar refractivity (Wildman–Crippen MR) is 86.7 cm³/mol. The van der Waals surface area contributed by atoms with Gasteiger partial charge in [0.15, 0.2) is 0 Å². The largest absolute Gasteiger partial charge is 0.496 e. The van der Waals surface area contributed by atoms with Gasteiger partial charge in [0.1, 0.15) is 11.3 Å². The van der Waals surface area contributed by atoms with Crippen LogP contribution in [0.15, 0.2) is 47.4 Å². The van der Waals surface area contributed by atoms with Gasteiger partial charge >= 0.3 is 5.97 Å². The standard InChI is InChI=1S/C16H17NO5S/c1-11-4-7-13(8-5-11)23(20,21)17(2)12-6-9-14(16(18)19)15(10-12)22-3/h4-10H,1-3H3,(H,18,19). The third kappa shape index (κ3) is 3.29. The third-order valence-corrected chi connectivity index (χ3v) is 5.26. The van der Waals surface area contributed by atoms with Crippen LogP contribution in [0.1, 0.15) is 15.9 Å². The van der Waals surface area contributed by atoms with Crippen molar-refractivity contribution in [3.05, 3.63) is 53.6 Å². The molecular formula is C16H17NO5S. The van der Waals surface area contributed by atoms with Crippen molar-refractivity contribution in [2.24, 2.45) is 0 Å². The first-order valence-corrected chi connectivity index (χ1v) is 8.18. The molecule has 7 heteroatoms. The van der Waals surface area contributed by atoms with E-state index < -0.39 is 16.0 Å². The van der Waals surface area contributed by atoms with Crippen molar-refractivity contribution >= 4 is 21.7 Å². The average Bonchev–Trinajstić information content (AvgIpc) is 2.53. The highest BCUT2D eigenvalue weighted by atomic mass is 32.2. The second-order valence-electron chi connectivity index (χ2n) is 4.98. The van der Waals surface area contributed by atoms with Crippen molar-refractivity contribution in [2.75, 3.05) is 18.5 Å². The molecule has 0 aromatic heterocycles. The van der Waals surface area contributed by atoms with Gasteiger partial charge in [-0.05, 0) is 31.2 Å². The molecule has 0 aliphatic heterocycles. The SMILES string of the molecule is COc1cc(N(C)S(=O)(=O)c2ccc(C)cc2)ccc1C(=O)O. The Labute approximate surface area is 135 Å². The van der Waals surface area contributed by atoms with Gasteiger partial charge in [0.25, 0.3) is 10.0 Å². The molecule has 2 aromatic carbocycles. The third-order valence-electron chi connectivity index (χ3n) is 3.46. The summed E-state index contributed by atoms with van der Waals surface area (Å²) in [6, 6.07) is 10.6. The Morgan fingerprint density at radius 2 is 1.74 bits per heavy atom. The molecule has 0 aliphatic rings. The minimum atomic E-state index is -3.74. The minimum Gasteiger partial charge on any atom is -0.496 e. The van der Waals surface area contributed by atoms with E-state index >= 15 is 0 Å². The number of ether oxygens (including phenoxy) is 1. The zero-order chi connectivity index (χ0) is 17.2. The molecule has 0 amide bonds. The van der Waals surface area contributed by atoms with Crippen LogP contribution in [0.4, 0.5) is 5.69 Å². The minimum absolute atomic E-state index is 0.0302. The van der Waals surface area contributed by atoms with E-state index in [0.717, 1.165) is 9.87 Å². The van der Waals surface area contributed by atoms with E-state index in [4.69, 9.17) is 9.84 Å². The monoisotopic (exact) mass is 335 g/mol. The predicted octanol–water partition coefficient (Wildman–Crippen LogP) is 2.53. The molecule has 0 bridgehead atoms. The lowest BCUT2D eigenvalue weighted by atomic mass is 10.2. The zero-order valence-electron chi connectivity index (χ0n) is 13.0. The molecule has 6 nitrogen and oxygen atoms in total. The quantitative estimate of drug-likeness (QED) is 0.908. The van der Waals surface area contributed by atoms with Crippen molar-refractivity contribution in [2.45, 2.75) is 11.8 Å². The summed E-state index contributed by atoms with van der Waals surface area (Å²) in [5.41, 5.74) is 1.24. The van der Waals surface area contributed by atoms with Crippen LogP contribution in [0.3, 0.4) is 0 Å². The Morgan fingerprint density at radius 3 is 2.26 bits per heavy atom. The molecule has 0 unspecified atom stereocenters. The van der Waals surface area contributed by atoms with Gasteiger partial charge in [0.2, 0.25) is 0 Å². The molecule has 0 fully saturated rings. The topological polar surface area (TPSA) is 83.9 Å². The van der Waals surface area contributed by atoms with Crippen LogP contribution in [0, 0.1) is 6.92 Å². The van der Waals surface area contributed by atoms with Gasteiger partial charge in [-0.15, -0.1) is 0 Å². The van der Waals surface area contributed by atoms with Crippen LogP contribution >= 0.6 is 0 Å². The Bertz CT molecular complexity index is 828. The van der Waals surface area contributed by atoms with Crippen LogP contribution in [-0.4, -0.2) is 33.7 Å². The lowest BCUT2D eigenvalue weighted by Crippen LogP contribution is -2.26. The molecule has 2 rings (SSSR count). The van der Waals surface area contributed by atoms with E-state index in [2.05, 4.69) is 0 Å². The smallest absolute Gasteiger partial charge is 0.339 e. The number of carboxylic acid groups (broad SMARTS) is 1. The van der Waals surface area contributed by atoms with Gasteiger partial charge < -0.3 is 9.84 Å². The number of hydrogen-bond acceptors (Lipinski definition) is 4. The van der Waals surface area contributed by atoms with E-state index in [1.165, 1.54) is 44.5 Å². The van der Waals surface area contributed by atoms with Crippen LogP contribution in [0.5, 0.6) is 5.75 Å². The summed E-state index contributed by atoms with van der Waals surface area (Å²) >= 11 is 0. The Kier molecular flexibility index (Phi) is 4.60. The molecule has 23 heavy (non-hydrogen) atoms. The maximum atomic E-state index is 12.6. The zero-order valence-corrected chi connectivity index (χ0v) is 13.8. The second kappa shape index (κ2) is 6.29. The average molecular weight is 335 g/mol. The van der Waals surface area contributed by atoms with Crippen LogP contribution in [-0.2, 0) is 10.0 Å². The first-order chi connectivity index (χ1) is 10.8. The summed E-state index contributed by atoms with van der Waals surface area (Å²) in [6.45, 7) is 1.87. The van der Waals surface area contributed by atoms with E-state index in [-0.39, 0.29) is 16.2 Å². The number of rotatable bonds is 5. The highest BCUT2D eigenvalue weighted by Gasteiger charge is 2.22. The summed E-state index contributed by atoms with van der Waals surface area (Å²) in [4.78, 5) is 11.3. The molecule has 122 valence electrons. The number of nitrogens with zero attached hydrogens (tertiary/aromatic N) is 1. The number of hydrogen-bond donors (Lipinski definition) is 1. The maximum absolute atomic E-state index is 12.6. The van der Waals surface area contributed by atoms with Crippen molar-refractivity contribution in [3.8, 4) is 5.75 Å². The second-order valence-corrected chi connectivity index (χ2v) is 6.94. The lowest BCUT2D eigenvalue weighted by Gasteiger charge is -2.20. The van der Waals surface area contributed by atoms with E-state index in [1.807, 2.05) is 6.92 Å². The highest BCUT2D eigenvalue weighted by molar-refractivity contribution is 7.92. The van der Waals surface area contributed by atoms with Gasteiger partial charge in [-0.2, -0.15) is 0 Å². The molecule has 0 heterocycles. The summed E-state index contributed by atoms with van der Waals surface area (Å²) in [6.07, 6.45) is 0. The fourth-order valence-electron chi connectivity index (χ4n) is 2.06. The summed E-state index contributed by atoms with van der Waals surface area (Å²) < 4.78 is 31.4. The maximum Gasteiger partial charge on any atom is 0.339 e. The fraction of sp³-hybridized carbons (Fsp3) is 0.188. The lowest BCUT2D eigenvalue weighted by molar-refractivity contribution is 0.0693. The van der Waals surface area contributed by atoms with Crippen LogP contribution in [0.25, 0.3) is 0 Å². The number of sulfonamides is 1. The normalized spacial score (nSPS) is 11.1. The number of carboxylic acids is 1. The number of aromatic carboxylic acids is 1. The van der Waals surface area contributed by atoms with Crippen molar-refractivity contribution in [3.63, 3.8) is 0 Å². The van der Waals surface area contributed by atoms with Crippen molar-refractivity contribution in [1.29, 1.82) is 0 Å². The number of carbonyl (C=O) groups is 1. The van der Waals surface area contributed by atoms with E-state index in [0.29, 0.717) is 5.69 Å². The summed E-state index contributed by atoms with van der Waals surface area (Å²) in [5.74, 6) is -1.04. The van der Waals surface area contributed by atoms with Crippen molar-refractivity contribution in [1.82, 2.24) is 0 Å². The number of methoxy groups -OCH3 is 1. The number of aryl methyl sites for hydroxylation is 1. The molecule has 2 aromatic rings. The first-order valence-electron chi connectivity index (χ1n) is 6.74. The molecule has 0 aliphatic carbocycles. The Hall–Kier alpha value is -2.54. The molecule has 0 radical (unpaired) electrons. The molecule has 1 N–H and O–H groups in total. The van der Waals surface area contributed by atoms with Crippen LogP contribution in [0.2, 0.25) is 0 Å². The number of anilines is 1. The highest BCUT2D eigenvalue weighted by Crippen LogP contribution is 2.28. The Morgan fingerprint density at radius 1 is 1.13 bits per heavy atom. The molecule has 0 atom stereocenters. The van der Waals surface area contributed by atoms with E-state index in [9.17, 15) is 13.2 Å². The summed E-state index contributed by atoms with van der Waals surface area (Å²) in [5, 5.41) is 9.08. The summed E-state index contributed by atoms with van der Waals surface area (Å²) in [7, 11) is -0.996. The van der Waals surface area contributed by atoms with Gasteiger partial charge in [0, 0.05) is 13.1 Å². The molecule has 0 saturated carbocycles. The van der Waals surface area contributed by atoms with Gasteiger partial charge in [-0.3, -0.25) is 4.31 Å².